The van der Waals surface area contributed by atoms with Crippen LogP contribution < -0.4 is 10.6 Å². The number of rotatable bonds is 10. The number of nitrogens with one attached hydrogen (secondary N) is 2. The zero-order valence-electron chi connectivity index (χ0n) is 22.4. The Hall–Kier alpha value is -4.87. The second-order valence-electron chi connectivity index (χ2n) is 9.10. The molecule has 13 heteroatoms. The van der Waals surface area contributed by atoms with Gasteiger partial charge in [-0.3, -0.25) is 24.0 Å². The van der Waals surface area contributed by atoms with Gasteiger partial charge in [0, 0.05) is 41.4 Å². The molecule has 3 amide bonds. The van der Waals surface area contributed by atoms with Gasteiger partial charge < -0.3 is 15.5 Å². The molecule has 0 bridgehead atoms. The lowest BCUT2D eigenvalue weighted by Gasteiger charge is -2.13. The monoisotopic (exact) mass is 606 g/mol. The largest absolute Gasteiger partial charge is 0.347 e. The molecule has 42 heavy (non-hydrogen) atoms. The Morgan fingerprint density at radius 1 is 0.905 bits per heavy atom. The molecular weight excluding hydrogens is 583 g/mol. The molecule has 0 fully saturated rings. The summed E-state index contributed by atoms with van der Waals surface area (Å²) < 4.78 is 1.27. The number of nitrogens with zero attached hydrogens (tertiary/aromatic N) is 4. The number of aromatic nitrogens is 3. The van der Waals surface area contributed by atoms with Crippen molar-refractivity contribution in [1.82, 2.24) is 30.3 Å². The Kier molecular flexibility index (Phi) is 9.46. The first-order chi connectivity index (χ1) is 20.1. The van der Waals surface area contributed by atoms with Gasteiger partial charge in [-0.05, 0) is 36.4 Å². The van der Waals surface area contributed by atoms with Crippen LogP contribution in [0.25, 0.3) is 5.69 Å². The van der Waals surface area contributed by atoms with E-state index in [2.05, 4.69) is 20.7 Å². The molecule has 0 saturated heterocycles. The van der Waals surface area contributed by atoms with Crippen molar-refractivity contribution in [3.63, 3.8) is 0 Å². The van der Waals surface area contributed by atoms with E-state index in [9.17, 15) is 24.0 Å². The van der Waals surface area contributed by atoms with Crippen molar-refractivity contribution in [2.24, 2.45) is 0 Å². The van der Waals surface area contributed by atoms with Gasteiger partial charge in [-0.2, -0.15) is 0 Å². The van der Waals surface area contributed by atoms with Gasteiger partial charge in [0.05, 0.1) is 23.8 Å². The molecule has 214 valence electrons. The number of carbonyl (C=O) groups excluding carboxylic acids is 5. The topological polar surface area (TPSA) is 143 Å². The third-order valence-electron chi connectivity index (χ3n) is 6.01. The van der Waals surface area contributed by atoms with Crippen molar-refractivity contribution >= 4 is 53.0 Å². The van der Waals surface area contributed by atoms with Gasteiger partial charge in [-0.1, -0.05) is 53.5 Å². The third kappa shape index (κ3) is 6.70. The Labute approximate surface area is 250 Å². The first-order valence-corrected chi connectivity index (χ1v) is 13.2. The number of aldehydes is 1. The van der Waals surface area contributed by atoms with Crippen LogP contribution in [0.3, 0.4) is 0 Å². The van der Waals surface area contributed by atoms with E-state index in [-0.39, 0.29) is 56.2 Å². The summed E-state index contributed by atoms with van der Waals surface area (Å²) in [7, 11) is 3.06. The summed E-state index contributed by atoms with van der Waals surface area (Å²) in [4.78, 5) is 68.2. The minimum absolute atomic E-state index is 0.127. The summed E-state index contributed by atoms with van der Waals surface area (Å²) in [6.07, 6.45) is 0.552. The van der Waals surface area contributed by atoms with E-state index < -0.39 is 30.0 Å². The van der Waals surface area contributed by atoms with Crippen LogP contribution in [0.5, 0.6) is 0 Å². The van der Waals surface area contributed by atoms with Gasteiger partial charge in [0.2, 0.25) is 11.7 Å². The average molecular weight is 607 g/mol. The standard InChI is InChI=1S/C29H24Cl2N6O5/c1-36(2)29(42)27-34-24(14-32-25(39)15-33-28(41)19-8-4-3-7-17(19)16-38)37(35-27)23-12-11-18(30)13-21(23)26(40)20-9-5-6-10-22(20)31/h3-13,16H,14-15H2,1-2H3,(H,32,39)(H,33,41). The molecule has 0 radical (unpaired) electrons. The maximum Gasteiger partial charge on any atom is 0.293 e. The number of amides is 3. The maximum absolute atomic E-state index is 13.5. The first-order valence-electron chi connectivity index (χ1n) is 12.5. The highest BCUT2D eigenvalue weighted by molar-refractivity contribution is 6.35. The highest BCUT2D eigenvalue weighted by atomic mass is 35.5. The second-order valence-corrected chi connectivity index (χ2v) is 9.94. The number of benzene rings is 3. The molecule has 1 heterocycles. The molecule has 0 saturated carbocycles. The van der Waals surface area contributed by atoms with E-state index in [1.54, 1.807) is 48.5 Å². The van der Waals surface area contributed by atoms with E-state index in [1.165, 1.54) is 41.9 Å². The van der Waals surface area contributed by atoms with Crippen molar-refractivity contribution < 1.29 is 24.0 Å². The SMILES string of the molecule is CN(C)C(=O)c1nc(CNC(=O)CNC(=O)c2ccccc2C=O)n(-c2ccc(Cl)cc2C(=O)c2ccccc2Cl)n1. The number of halogens is 2. The van der Waals surface area contributed by atoms with Gasteiger partial charge in [-0.15, -0.1) is 5.10 Å². The van der Waals surface area contributed by atoms with Gasteiger partial charge in [-0.25, -0.2) is 9.67 Å². The number of carbonyl (C=O) groups is 5. The summed E-state index contributed by atoms with van der Waals surface area (Å²) >= 11 is 12.5. The highest BCUT2D eigenvalue weighted by Gasteiger charge is 2.24. The molecule has 0 aliphatic rings. The number of ketones is 1. The first kappa shape index (κ1) is 30.1. The van der Waals surface area contributed by atoms with Crippen molar-refractivity contribution in [1.29, 1.82) is 0 Å². The lowest BCUT2D eigenvalue weighted by atomic mass is 10.0. The van der Waals surface area contributed by atoms with Crippen LogP contribution in [0, 0.1) is 0 Å². The lowest BCUT2D eigenvalue weighted by Crippen LogP contribution is -2.37. The molecule has 0 aliphatic heterocycles. The zero-order valence-corrected chi connectivity index (χ0v) is 23.9. The molecular formula is C29H24Cl2N6O5. The van der Waals surface area contributed by atoms with Gasteiger partial charge in [0.1, 0.15) is 0 Å². The molecule has 4 rings (SSSR count). The van der Waals surface area contributed by atoms with Crippen molar-refractivity contribution in [2.45, 2.75) is 6.54 Å². The highest BCUT2D eigenvalue weighted by Crippen LogP contribution is 2.26. The molecule has 0 spiro atoms. The quantitative estimate of drug-likeness (QED) is 0.208. The van der Waals surface area contributed by atoms with E-state index in [1.807, 2.05) is 0 Å². The van der Waals surface area contributed by atoms with Crippen LogP contribution in [0.1, 0.15) is 53.1 Å². The Bertz CT molecular complexity index is 1700. The summed E-state index contributed by atoms with van der Waals surface area (Å²) in [6.45, 7) is -0.615. The normalized spacial score (nSPS) is 10.6. The van der Waals surface area contributed by atoms with Gasteiger partial charge >= 0.3 is 0 Å². The fourth-order valence-electron chi connectivity index (χ4n) is 3.91. The van der Waals surface area contributed by atoms with E-state index in [4.69, 9.17) is 23.2 Å². The Balaban J connectivity index is 1.61. The Morgan fingerprint density at radius 3 is 2.29 bits per heavy atom. The fourth-order valence-corrected chi connectivity index (χ4v) is 4.30. The molecule has 11 nitrogen and oxygen atoms in total. The molecule has 0 atom stereocenters. The van der Waals surface area contributed by atoms with Gasteiger partial charge in [0.15, 0.2) is 17.9 Å². The van der Waals surface area contributed by atoms with Crippen molar-refractivity contribution in [3.8, 4) is 5.69 Å². The Morgan fingerprint density at radius 2 is 1.60 bits per heavy atom. The second kappa shape index (κ2) is 13.2. The van der Waals surface area contributed by atoms with Crippen LogP contribution in [-0.2, 0) is 11.3 Å². The smallest absolute Gasteiger partial charge is 0.293 e. The van der Waals surface area contributed by atoms with Crippen molar-refractivity contribution in [3.05, 3.63) is 111 Å². The van der Waals surface area contributed by atoms with E-state index in [0.717, 1.165) is 0 Å². The summed E-state index contributed by atoms with van der Waals surface area (Å²) in [6, 6.07) is 17.2. The molecule has 0 unspecified atom stereocenters. The number of hydrogen-bond donors (Lipinski definition) is 2. The molecule has 4 aromatic rings. The van der Waals surface area contributed by atoms with Crippen molar-refractivity contribution in [2.75, 3.05) is 20.6 Å². The van der Waals surface area contributed by atoms with Gasteiger partial charge in [0.25, 0.3) is 11.8 Å². The summed E-state index contributed by atoms with van der Waals surface area (Å²) in [5, 5.41) is 9.93. The fraction of sp³-hybridized carbons (Fsp3) is 0.138. The molecule has 0 aliphatic carbocycles. The minimum atomic E-state index is -0.598. The predicted octanol–water partition coefficient (Wildman–Crippen LogP) is 3.37. The van der Waals surface area contributed by atoms with Crippen LogP contribution in [-0.4, -0.2) is 70.1 Å². The van der Waals surface area contributed by atoms with Crippen LogP contribution in [0.15, 0.2) is 66.7 Å². The predicted molar refractivity (Wildman–Crippen MR) is 155 cm³/mol. The number of hydrogen-bond acceptors (Lipinski definition) is 7. The summed E-state index contributed by atoms with van der Waals surface area (Å²) in [5.74, 6) is -2.17. The minimum Gasteiger partial charge on any atom is -0.347 e. The lowest BCUT2D eigenvalue weighted by molar-refractivity contribution is -0.120. The summed E-state index contributed by atoms with van der Waals surface area (Å²) in [5.41, 5.74) is 0.932. The van der Waals surface area contributed by atoms with Crippen LogP contribution in [0.4, 0.5) is 0 Å². The maximum atomic E-state index is 13.5. The van der Waals surface area contributed by atoms with Crippen LogP contribution in [0.2, 0.25) is 10.0 Å². The average Bonchev–Trinajstić information content (AvgIpc) is 3.42. The van der Waals surface area contributed by atoms with Crippen LogP contribution >= 0.6 is 23.2 Å². The van der Waals surface area contributed by atoms with E-state index in [0.29, 0.717) is 6.29 Å². The zero-order chi connectivity index (χ0) is 30.4. The molecule has 1 aromatic heterocycles. The molecule has 3 aromatic carbocycles. The molecule has 2 N–H and O–H groups in total. The van der Waals surface area contributed by atoms with E-state index >= 15 is 0 Å². The third-order valence-corrected chi connectivity index (χ3v) is 6.57.